The average molecular weight is 461 g/mol. The van der Waals surface area contributed by atoms with Gasteiger partial charge in [0.1, 0.15) is 5.75 Å². The fourth-order valence-corrected chi connectivity index (χ4v) is 3.21. The molecule has 0 atom stereocenters. The zero-order valence-corrected chi connectivity index (χ0v) is 19.2. The predicted octanol–water partition coefficient (Wildman–Crippen LogP) is 4.73. The Bertz CT molecular complexity index is 1240. The topological polar surface area (TPSA) is 89.3 Å². The second-order valence-corrected chi connectivity index (χ2v) is 8.32. The summed E-state index contributed by atoms with van der Waals surface area (Å²) in [7, 11) is 0. The van der Waals surface area contributed by atoms with Gasteiger partial charge in [-0.1, -0.05) is 32.0 Å². The molecule has 2 heterocycles. The van der Waals surface area contributed by atoms with Crippen LogP contribution in [0, 0.1) is 5.92 Å². The molecule has 8 heteroatoms. The van der Waals surface area contributed by atoms with Gasteiger partial charge in [-0.2, -0.15) is 4.98 Å². The highest BCUT2D eigenvalue weighted by Gasteiger charge is 2.11. The highest BCUT2D eigenvalue weighted by molar-refractivity contribution is 7.80. The Morgan fingerprint density at radius 2 is 1.94 bits per heavy atom. The molecule has 2 aromatic heterocycles. The molecule has 7 nitrogen and oxygen atoms in total. The molecule has 4 rings (SSSR count). The summed E-state index contributed by atoms with van der Waals surface area (Å²) in [4.78, 5) is 21.1. The van der Waals surface area contributed by atoms with Gasteiger partial charge in [-0.15, -0.1) is 0 Å². The number of nitrogens with one attached hydrogen (secondary N) is 2. The number of pyridine rings is 1. The largest absolute Gasteiger partial charge is 0.493 e. The van der Waals surface area contributed by atoms with E-state index in [-0.39, 0.29) is 11.0 Å². The van der Waals surface area contributed by atoms with Crippen molar-refractivity contribution in [2.24, 2.45) is 5.92 Å². The number of thiocarbonyl (C=S) groups is 1. The second kappa shape index (κ2) is 10.2. The zero-order chi connectivity index (χ0) is 23.2. The Balaban J connectivity index is 1.30. The van der Waals surface area contributed by atoms with Crippen molar-refractivity contribution in [1.82, 2.24) is 20.6 Å². The molecule has 0 aliphatic carbocycles. The molecule has 0 spiro atoms. The third-order valence-electron chi connectivity index (χ3n) is 4.73. The highest BCUT2D eigenvalue weighted by atomic mass is 32.1. The van der Waals surface area contributed by atoms with Crippen molar-refractivity contribution < 1.29 is 13.9 Å². The molecule has 1 amide bonds. The summed E-state index contributed by atoms with van der Waals surface area (Å²) >= 11 is 5.28. The fourth-order valence-electron chi connectivity index (χ4n) is 3.05. The van der Waals surface area contributed by atoms with Gasteiger partial charge < -0.3 is 14.5 Å². The van der Waals surface area contributed by atoms with Gasteiger partial charge in [0, 0.05) is 23.9 Å². The van der Waals surface area contributed by atoms with Gasteiger partial charge in [0.25, 0.3) is 5.91 Å². The van der Waals surface area contributed by atoms with E-state index in [9.17, 15) is 4.79 Å². The van der Waals surface area contributed by atoms with Gasteiger partial charge >= 0.3 is 0 Å². The third kappa shape index (κ3) is 5.93. The van der Waals surface area contributed by atoms with Gasteiger partial charge in [-0.25, -0.2) is 4.98 Å². The molecule has 0 aliphatic rings. The Kier molecular flexibility index (Phi) is 6.95. The van der Waals surface area contributed by atoms with E-state index in [1.54, 1.807) is 24.4 Å². The van der Waals surface area contributed by atoms with E-state index in [2.05, 4.69) is 34.4 Å². The van der Waals surface area contributed by atoms with E-state index >= 15 is 0 Å². The van der Waals surface area contributed by atoms with Gasteiger partial charge in [0.15, 0.2) is 16.3 Å². The van der Waals surface area contributed by atoms with Crippen LogP contribution in [-0.4, -0.2) is 27.6 Å². The standard InChI is InChI=1S/C25H24N4O3S/c1-16(2)15-31-20-6-3-5-19(13-20)23(30)29-25(33)27-14-17-8-10-18(11-9-17)24-28-22-21(32-24)7-4-12-26-22/h3-13,16H,14-15H2,1-2H3,(H2,27,29,30,33). The van der Waals surface area contributed by atoms with E-state index in [0.29, 0.717) is 47.5 Å². The van der Waals surface area contributed by atoms with Crippen LogP contribution in [0.2, 0.25) is 0 Å². The van der Waals surface area contributed by atoms with E-state index in [1.165, 1.54) is 0 Å². The van der Waals surface area contributed by atoms with Crippen molar-refractivity contribution in [1.29, 1.82) is 0 Å². The lowest BCUT2D eigenvalue weighted by molar-refractivity contribution is 0.0976. The lowest BCUT2D eigenvalue weighted by Gasteiger charge is -2.12. The number of aromatic nitrogens is 2. The highest BCUT2D eigenvalue weighted by Crippen LogP contribution is 2.23. The van der Waals surface area contributed by atoms with Crippen LogP contribution in [0.15, 0.2) is 71.3 Å². The molecular formula is C25H24N4O3S. The van der Waals surface area contributed by atoms with Crippen LogP contribution in [0.5, 0.6) is 5.75 Å². The molecular weight excluding hydrogens is 436 g/mol. The average Bonchev–Trinajstić information content (AvgIpc) is 3.26. The van der Waals surface area contributed by atoms with E-state index in [0.717, 1.165) is 11.1 Å². The summed E-state index contributed by atoms with van der Waals surface area (Å²) < 4.78 is 11.4. The minimum Gasteiger partial charge on any atom is -0.493 e. The molecule has 2 aromatic carbocycles. The number of benzene rings is 2. The van der Waals surface area contributed by atoms with Crippen LogP contribution in [0.1, 0.15) is 29.8 Å². The minimum absolute atomic E-state index is 0.252. The minimum atomic E-state index is -0.289. The summed E-state index contributed by atoms with van der Waals surface area (Å²) in [6.45, 7) is 5.20. The predicted molar refractivity (Wildman–Crippen MR) is 131 cm³/mol. The first-order valence-electron chi connectivity index (χ1n) is 10.6. The maximum absolute atomic E-state index is 12.5. The van der Waals surface area contributed by atoms with Crippen molar-refractivity contribution in [2.75, 3.05) is 6.61 Å². The number of nitrogens with zero attached hydrogens (tertiary/aromatic N) is 2. The molecule has 4 aromatic rings. The number of hydrogen-bond acceptors (Lipinski definition) is 6. The van der Waals surface area contributed by atoms with Gasteiger partial charge in [0.2, 0.25) is 5.89 Å². The Hall–Kier alpha value is -3.78. The molecule has 0 unspecified atom stereocenters. The van der Waals surface area contributed by atoms with E-state index in [4.69, 9.17) is 21.4 Å². The zero-order valence-electron chi connectivity index (χ0n) is 18.4. The van der Waals surface area contributed by atoms with Gasteiger partial charge in [-0.05, 0) is 66.2 Å². The molecule has 0 fully saturated rings. The molecule has 0 saturated heterocycles. The molecule has 0 aliphatic heterocycles. The summed E-state index contributed by atoms with van der Waals surface area (Å²) in [6.07, 6.45) is 1.68. The van der Waals surface area contributed by atoms with Crippen molar-refractivity contribution in [2.45, 2.75) is 20.4 Å². The molecule has 0 radical (unpaired) electrons. The smallest absolute Gasteiger partial charge is 0.257 e. The number of rotatable bonds is 7. The van der Waals surface area contributed by atoms with Crippen LogP contribution in [0.25, 0.3) is 22.7 Å². The van der Waals surface area contributed by atoms with Crippen LogP contribution in [0.4, 0.5) is 0 Å². The summed E-state index contributed by atoms with van der Waals surface area (Å²) in [5.41, 5.74) is 3.56. The molecule has 33 heavy (non-hydrogen) atoms. The molecule has 2 N–H and O–H groups in total. The summed E-state index contributed by atoms with van der Waals surface area (Å²) in [5.74, 6) is 1.29. The number of fused-ring (bicyclic) bond motifs is 1. The van der Waals surface area contributed by atoms with Crippen LogP contribution in [-0.2, 0) is 6.54 Å². The Morgan fingerprint density at radius 1 is 1.12 bits per heavy atom. The number of carbonyl (C=O) groups is 1. The molecule has 168 valence electrons. The summed E-state index contributed by atoms with van der Waals surface area (Å²) in [5, 5.41) is 6.01. The monoisotopic (exact) mass is 460 g/mol. The van der Waals surface area contributed by atoms with E-state index in [1.807, 2.05) is 42.5 Å². The maximum Gasteiger partial charge on any atom is 0.257 e. The summed E-state index contributed by atoms with van der Waals surface area (Å²) in [6, 6.07) is 18.4. The fraction of sp³-hybridized carbons (Fsp3) is 0.200. The Morgan fingerprint density at radius 3 is 2.70 bits per heavy atom. The SMILES string of the molecule is CC(C)COc1cccc(C(=O)NC(=S)NCc2ccc(-c3nc4ncccc4o3)cc2)c1. The number of oxazole rings is 1. The van der Waals surface area contributed by atoms with Gasteiger partial charge in [-0.3, -0.25) is 10.1 Å². The van der Waals surface area contributed by atoms with Crippen molar-refractivity contribution in [3.63, 3.8) is 0 Å². The van der Waals surface area contributed by atoms with Crippen LogP contribution >= 0.6 is 12.2 Å². The van der Waals surface area contributed by atoms with Crippen molar-refractivity contribution in [3.05, 3.63) is 78.0 Å². The third-order valence-corrected chi connectivity index (χ3v) is 4.97. The molecule has 0 bridgehead atoms. The Labute approximate surface area is 197 Å². The van der Waals surface area contributed by atoms with Crippen molar-refractivity contribution in [3.8, 4) is 17.2 Å². The first-order valence-corrected chi connectivity index (χ1v) is 11.0. The van der Waals surface area contributed by atoms with Crippen LogP contribution in [0.3, 0.4) is 0 Å². The van der Waals surface area contributed by atoms with Gasteiger partial charge in [0.05, 0.1) is 6.61 Å². The van der Waals surface area contributed by atoms with Crippen molar-refractivity contribution >= 4 is 34.5 Å². The first kappa shape index (κ1) is 22.4. The number of carbonyl (C=O) groups excluding carboxylic acids is 1. The van der Waals surface area contributed by atoms with E-state index < -0.39 is 0 Å². The lowest BCUT2D eigenvalue weighted by atomic mass is 10.1. The van der Waals surface area contributed by atoms with Crippen LogP contribution < -0.4 is 15.4 Å². The number of amides is 1. The number of ether oxygens (including phenoxy) is 1. The quantitative estimate of drug-likeness (QED) is 0.386. The normalized spacial score (nSPS) is 10.9. The number of hydrogen-bond donors (Lipinski definition) is 2. The lowest BCUT2D eigenvalue weighted by Crippen LogP contribution is -2.38. The second-order valence-electron chi connectivity index (χ2n) is 7.91. The maximum atomic E-state index is 12.5. The molecule has 0 saturated carbocycles. The first-order chi connectivity index (χ1) is 16.0.